The highest BCUT2D eigenvalue weighted by Gasteiger charge is 2.45. The minimum absolute atomic E-state index is 0.236. The number of ether oxygens (including phenoxy) is 1. The van der Waals surface area contributed by atoms with Gasteiger partial charge in [0.25, 0.3) is 0 Å². The lowest BCUT2D eigenvalue weighted by Crippen LogP contribution is -2.53. The molecule has 3 atom stereocenters. The summed E-state index contributed by atoms with van der Waals surface area (Å²) in [6.45, 7) is 1.22. The second-order valence-electron chi connectivity index (χ2n) is 5.31. The SMILES string of the molecule is COC1CCCCC1N1CCC(N)(C(=O)O)C1. The van der Waals surface area contributed by atoms with Gasteiger partial charge in [-0.25, -0.2) is 0 Å². The first-order valence-corrected chi connectivity index (χ1v) is 6.36. The van der Waals surface area contributed by atoms with Gasteiger partial charge in [-0.3, -0.25) is 9.69 Å². The van der Waals surface area contributed by atoms with Gasteiger partial charge >= 0.3 is 5.97 Å². The number of nitrogens with two attached hydrogens (primary N) is 1. The van der Waals surface area contributed by atoms with Crippen LogP contribution in [0, 0.1) is 0 Å². The van der Waals surface area contributed by atoms with Crippen LogP contribution in [-0.2, 0) is 9.53 Å². The highest BCUT2D eigenvalue weighted by molar-refractivity contribution is 5.79. The summed E-state index contributed by atoms with van der Waals surface area (Å²) in [6, 6.07) is 0.346. The van der Waals surface area contributed by atoms with Crippen molar-refractivity contribution in [2.75, 3.05) is 20.2 Å². The average molecular weight is 242 g/mol. The van der Waals surface area contributed by atoms with Gasteiger partial charge in [-0.2, -0.15) is 0 Å². The summed E-state index contributed by atoms with van der Waals surface area (Å²) in [4.78, 5) is 13.3. The predicted octanol–water partition coefficient (Wildman–Crippen LogP) is 0.432. The Morgan fingerprint density at radius 2 is 2.18 bits per heavy atom. The first-order chi connectivity index (χ1) is 8.07. The first kappa shape index (κ1) is 12.8. The summed E-state index contributed by atoms with van der Waals surface area (Å²) in [5.41, 5.74) is 4.84. The van der Waals surface area contributed by atoms with Gasteiger partial charge in [-0.15, -0.1) is 0 Å². The molecular formula is C12H22N2O3. The number of carbonyl (C=O) groups is 1. The predicted molar refractivity (Wildman–Crippen MR) is 63.8 cm³/mol. The Hall–Kier alpha value is -0.650. The highest BCUT2D eigenvalue weighted by Crippen LogP contribution is 2.30. The summed E-state index contributed by atoms with van der Waals surface area (Å²) in [5.74, 6) is -0.884. The molecule has 3 unspecified atom stereocenters. The molecule has 98 valence electrons. The van der Waals surface area contributed by atoms with E-state index < -0.39 is 11.5 Å². The number of hydrogen-bond acceptors (Lipinski definition) is 4. The summed E-state index contributed by atoms with van der Waals surface area (Å²) in [6.07, 6.45) is 5.34. The van der Waals surface area contributed by atoms with Gasteiger partial charge in [0.05, 0.1) is 6.10 Å². The van der Waals surface area contributed by atoms with Crippen molar-refractivity contribution < 1.29 is 14.6 Å². The quantitative estimate of drug-likeness (QED) is 0.750. The molecule has 1 aliphatic heterocycles. The van der Waals surface area contributed by atoms with E-state index >= 15 is 0 Å². The molecule has 5 nitrogen and oxygen atoms in total. The zero-order valence-electron chi connectivity index (χ0n) is 10.4. The standard InChI is InChI=1S/C12H22N2O3/c1-17-10-5-3-2-4-9(10)14-7-6-12(13,8-14)11(15)16/h9-10H,2-8,13H2,1H3,(H,15,16). The second kappa shape index (κ2) is 4.92. The van der Waals surface area contributed by atoms with Gasteiger partial charge in [0.1, 0.15) is 5.54 Å². The smallest absolute Gasteiger partial charge is 0.325 e. The Kier molecular flexibility index (Phi) is 3.70. The molecule has 17 heavy (non-hydrogen) atoms. The number of carboxylic acids is 1. The van der Waals surface area contributed by atoms with Gasteiger partial charge in [0.15, 0.2) is 0 Å². The molecule has 1 saturated carbocycles. The van der Waals surface area contributed by atoms with Gasteiger partial charge in [-0.05, 0) is 19.3 Å². The van der Waals surface area contributed by atoms with Crippen molar-refractivity contribution in [2.24, 2.45) is 5.73 Å². The lowest BCUT2D eigenvalue weighted by atomic mass is 9.91. The number of likely N-dealkylation sites (tertiary alicyclic amines) is 1. The van der Waals surface area contributed by atoms with Crippen molar-refractivity contribution in [1.82, 2.24) is 4.90 Å². The van der Waals surface area contributed by atoms with E-state index in [1.807, 2.05) is 0 Å². The van der Waals surface area contributed by atoms with Crippen LogP contribution >= 0.6 is 0 Å². The first-order valence-electron chi connectivity index (χ1n) is 6.36. The van der Waals surface area contributed by atoms with E-state index in [1.165, 1.54) is 12.8 Å². The molecule has 0 aromatic heterocycles. The maximum absolute atomic E-state index is 11.1. The van der Waals surface area contributed by atoms with Crippen LogP contribution in [0.2, 0.25) is 0 Å². The molecule has 0 radical (unpaired) electrons. The Morgan fingerprint density at radius 1 is 1.47 bits per heavy atom. The van der Waals surface area contributed by atoms with Crippen molar-refractivity contribution in [3.05, 3.63) is 0 Å². The number of aliphatic carboxylic acids is 1. The Morgan fingerprint density at radius 3 is 2.76 bits per heavy atom. The summed E-state index contributed by atoms with van der Waals surface area (Å²) in [7, 11) is 1.74. The molecule has 0 bridgehead atoms. The zero-order valence-corrected chi connectivity index (χ0v) is 10.4. The van der Waals surface area contributed by atoms with Crippen LogP contribution in [-0.4, -0.2) is 53.9 Å². The average Bonchev–Trinajstić information content (AvgIpc) is 2.73. The molecule has 1 heterocycles. The van der Waals surface area contributed by atoms with Crippen LogP contribution in [0.3, 0.4) is 0 Å². The summed E-state index contributed by atoms with van der Waals surface area (Å²) < 4.78 is 5.51. The lowest BCUT2D eigenvalue weighted by molar-refractivity contribution is -0.143. The fourth-order valence-corrected chi connectivity index (χ4v) is 3.09. The van der Waals surface area contributed by atoms with Crippen molar-refractivity contribution in [1.29, 1.82) is 0 Å². The van der Waals surface area contributed by atoms with E-state index in [4.69, 9.17) is 15.6 Å². The largest absolute Gasteiger partial charge is 0.480 e. The third-order valence-corrected chi connectivity index (χ3v) is 4.20. The molecule has 1 saturated heterocycles. The molecule has 1 aliphatic carbocycles. The van der Waals surface area contributed by atoms with Crippen molar-refractivity contribution >= 4 is 5.97 Å². The minimum atomic E-state index is -1.06. The lowest BCUT2D eigenvalue weighted by Gasteiger charge is -2.37. The molecule has 0 spiro atoms. The minimum Gasteiger partial charge on any atom is -0.480 e. The number of hydrogen-bond donors (Lipinski definition) is 2. The summed E-state index contributed by atoms with van der Waals surface area (Å²) in [5, 5.41) is 9.13. The molecule has 2 aliphatic rings. The number of carboxylic acid groups (broad SMARTS) is 1. The Labute approximate surface area is 102 Å². The van der Waals surface area contributed by atoms with Crippen molar-refractivity contribution in [3.63, 3.8) is 0 Å². The molecule has 0 amide bonds. The zero-order chi connectivity index (χ0) is 12.5. The van der Waals surface area contributed by atoms with Crippen LogP contribution in [0.1, 0.15) is 32.1 Å². The van der Waals surface area contributed by atoms with E-state index in [1.54, 1.807) is 7.11 Å². The molecule has 3 N–H and O–H groups in total. The van der Waals surface area contributed by atoms with Crippen LogP contribution in [0.4, 0.5) is 0 Å². The van der Waals surface area contributed by atoms with Crippen molar-refractivity contribution in [3.8, 4) is 0 Å². The van der Waals surface area contributed by atoms with E-state index in [2.05, 4.69) is 4.90 Å². The van der Waals surface area contributed by atoms with Gasteiger partial charge in [-0.1, -0.05) is 12.8 Å². The fraction of sp³-hybridized carbons (Fsp3) is 0.917. The topological polar surface area (TPSA) is 75.8 Å². The molecule has 5 heteroatoms. The third-order valence-electron chi connectivity index (χ3n) is 4.20. The van der Waals surface area contributed by atoms with Crippen molar-refractivity contribution in [2.45, 2.75) is 49.8 Å². The molecule has 0 aromatic carbocycles. The maximum Gasteiger partial charge on any atom is 0.325 e. The maximum atomic E-state index is 11.1. The van der Waals surface area contributed by atoms with E-state index in [-0.39, 0.29) is 6.10 Å². The Bertz CT molecular complexity index is 297. The summed E-state index contributed by atoms with van der Waals surface area (Å²) >= 11 is 0. The Balaban J connectivity index is 2.01. The van der Waals surface area contributed by atoms with Crippen LogP contribution in [0.15, 0.2) is 0 Å². The van der Waals surface area contributed by atoms with E-state index in [0.29, 0.717) is 19.0 Å². The van der Waals surface area contributed by atoms with Crippen LogP contribution < -0.4 is 5.73 Å². The third kappa shape index (κ3) is 2.46. The number of nitrogens with zero attached hydrogens (tertiary/aromatic N) is 1. The fourth-order valence-electron chi connectivity index (χ4n) is 3.09. The molecule has 2 fully saturated rings. The second-order valence-corrected chi connectivity index (χ2v) is 5.31. The van der Waals surface area contributed by atoms with Gasteiger partial charge < -0.3 is 15.6 Å². The van der Waals surface area contributed by atoms with Gasteiger partial charge in [0, 0.05) is 26.2 Å². The molecule has 0 aromatic rings. The normalized spacial score (nSPS) is 39.4. The molecule has 2 rings (SSSR count). The number of methoxy groups -OCH3 is 1. The van der Waals surface area contributed by atoms with Gasteiger partial charge in [0.2, 0.25) is 0 Å². The van der Waals surface area contributed by atoms with Crippen LogP contribution in [0.25, 0.3) is 0 Å². The monoisotopic (exact) mass is 242 g/mol. The molecular weight excluding hydrogens is 220 g/mol. The van der Waals surface area contributed by atoms with Crippen LogP contribution in [0.5, 0.6) is 0 Å². The van der Waals surface area contributed by atoms with E-state index in [0.717, 1.165) is 19.4 Å². The number of rotatable bonds is 3. The highest BCUT2D eigenvalue weighted by atomic mass is 16.5. The van der Waals surface area contributed by atoms with E-state index in [9.17, 15) is 4.79 Å².